The molecule has 0 atom stereocenters. The molecule has 1 fully saturated rings. The van der Waals surface area contributed by atoms with Crippen molar-refractivity contribution in [1.82, 2.24) is 14.8 Å². The molecule has 1 saturated carbocycles. The Morgan fingerprint density at radius 1 is 1.48 bits per heavy atom. The first kappa shape index (κ1) is 13.6. The van der Waals surface area contributed by atoms with Crippen LogP contribution in [0.15, 0.2) is 23.1 Å². The molecule has 21 heavy (non-hydrogen) atoms. The summed E-state index contributed by atoms with van der Waals surface area (Å²) in [6.07, 6.45) is 3.87. The summed E-state index contributed by atoms with van der Waals surface area (Å²) in [7, 11) is 0. The second kappa shape index (κ2) is 5.20. The summed E-state index contributed by atoms with van der Waals surface area (Å²) in [6.45, 7) is 4.40. The monoisotopic (exact) mass is 286 g/mol. The second-order valence-electron chi connectivity index (χ2n) is 5.63. The fraction of sp³-hybridized carbons (Fsp3) is 0.400. The molecule has 1 aliphatic carbocycles. The minimum absolute atomic E-state index is 0.204. The van der Waals surface area contributed by atoms with Crippen molar-refractivity contribution >= 4 is 11.7 Å². The zero-order valence-electron chi connectivity index (χ0n) is 12.1. The molecule has 0 aromatic carbocycles. The summed E-state index contributed by atoms with van der Waals surface area (Å²) in [5, 5.41) is 9.09. The lowest BCUT2D eigenvalue weighted by Crippen LogP contribution is -2.32. The summed E-state index contributed by atoms with van der Waals surface area (Å²) in [5.74, 6) is 0.659. The van der Waals surface area contributed by atoms with Crippen molar-refractivity contribution in [2.75, 3.05) is 5.32 Å². The topological polar surface area (TPSA) is 79.8 Å². The molecule has 2 N–H and O–H groups in total. The van der Waals surface area contributed by atoms with Gasteiger partial charge < -0.3 is 9.88 Å². The van der Waals surface area contributed by atoms with Crippen LogP contribution in [0.5, 0.6) is 0 Å². The first-order valence-corrected chi connectivity index (χ1v) is 7.08. The number of aromatic nitrogens is 3. The summed E-state index contributed by atoms with van der Waals surface area (Å²) >= 11 is 0. The van der Waals surface area contributed by atoms with E-state index in [2.05, 4.69) is 15.5 Å². The highest BCUT2D eigenvalue weighted by Crippen LogP contribution is 2.30. The fourth-order valence-electron chi connectivity index (χ4n) is 2.50. The van der Waals surface area contributed by atoms with Crippen molar-refractivity contribution in [2.45, 2.75) is 33.2 Å². The number of aryl methyl sites for hydroxylation is 2. The van der Waals surface area contributed by atoms with E-state index in [4.69, 9.17) is 0 Å². The quantitative estimate of drug-likeness (QED) is 0.900. The number of rotatable bonds is 4. The van der Waals surface area contributed by atoms with Crippen LogP contribution in [-0.2, 0) is 6.54 Å². The first-order valence-electron chi connectivity index (χ1n) is 7.08. The van der Waals surface area contributed by atoms with Crippen molar-refractivity contribution < 1.29 is 4.79 Å². The van der Waals surface area contributed by atoms with E-state index in [-0.39, 0.29) is 11.1 Å². The number of pyridine rings is 1. The first-order chi connectivity index (χ1) is 10.1. The van der Waals surface area contributed by atoms with Gasteiger partial charge in [0.2, 0.25) is 0 Å². The van der Waals surface area contributed by atoms with Gasteiger partial charge in [0, 0.05) is 18.3 Å². The zero-order valence-corrected chi connectivity index (χ0v) is 12.1. The van der Waals surface area contributed by atoms with Crippen LogP contribution in [0, 0.1) is 19.8 Å². The Bertz CT molecular complexity index is 727. The minimum atomic E-state index is -0.397. The zero-order chi connectivity index (χ0) is 15.0. The van der Waals surface area contributed by atoms with Gasteiger partial charge in [0.25, 0.3) is 11.5 Å². The summed E-state index contributed by atoms with van der Waals surface area (Å²) in [5.41, 5.74) is 1.59. The van der Waals surface area contributed by atoms with Gasteiger partial charge in [-0.1, -0.05) is 0 Å². The maximum atomic E-state index is 12.6. The van der Waals surface area contributed by atoms with E-state index in [1.807, 2.05) is 13.0 Å². The Balaban J connectivity index is 1.96. The molecule has 0 spiro atoms. The van der Waals surface area contributed by atoms with Crippen LogP contribution in [0.4, 0.5) is 5.82 Å². The molecular weight excluding hydrogens is 268 g/mol. The Hall–Kier alpha value is -2.37. The Labute approximate surface area is 122 Å². The molecule has 6 nitrogen and oxygen atoms in total. The molecule has 0 radical (unpaired) electrons. The summed E-state index contributed by atoms with van der Waals surface area (Å²) < 4.78 is 1.71. The number of nitrogens with zero attached hydrogens (tertiary/aromatic N) is 2. The van der Waals surface area contributed by atoms with Gasteiger partial charge in [-0.05, 0) is 44.2 Å². The molecule has 2 heterocycles. The normalized spacial score (nSPS) is 14.2. The van der Waals surface area contributed by atoms with E-state index in [9.17, 15) is 9.59 Å². The number of carbonyl (C=O) groups is 1. The average molecular weight is 286 g/mol. The van der Waals surface area contributed by atoms with Crippen molar-refractivity contribution in [1.29, 1.82) is 0 Å². The predicted octanol–water partition coefficient (Wildman–Crippen LogP) is 1.85. The van der Waals surface area contributed by atoms with E-state index in [1.54, 1.807) is 23.8 Å². The van der Waals surface area contributed by atoms with Gasteiger partial charge in [-0.2, -0.15) is 5.10 Å². The number of amides is 1. The highest BCUT2D eigenvalue weighted by molar-refractivity contribution is 6.04. The smallest absolute Gasteiger partial charge is 0.263 e. The number of nitrogens with one attached hydrogen (secondary N) is 2. The average Bonchev–Trinajstić information content (AvgIpc) is 3.10. The maximum Gasteiger partial charge on any atom is 0.263 e. The molecule has 0 saturated heterocycles. The molecular formula is C15H18N4O2. The Morgan fingerprint density at radius 2 is 2.24 bits per heavy atom. The number of hydrogen-bond donors (Lipinski definition) is 2. The SMILES string of the molecule is Cc1cc(C)n(CC2CC2)c(=O)c1C(=O)Nc1ccn[nH]1. The van der Waals surface area contributed by atoms with Crippen LogP contribution < -0.4 is 10.9 Å². The van der Waals surface area contributed by atoms with E-state index in [1.165, 1.54) is 0 Å². The van der Waals surface area contributed by atoms with Crippen LogP contribution in [-0.4, -0.2) is 20.7 Å². The van der Waals surface area contributed by atoms with Crippen LogP contribution in [0.1, 0.15) is 34.5 Å². The molecule has 0 bridgehead atoms. The third kappa shape index (κ3) is 2.74. The van der Waals surface area contributed by atoms with Crippen molar-refractivity contribution in [2.24, 2.45) is 5.92 Å². The molecule has 0 aliphatic heterocycles. The van der Waals surface area contributed by atoms with Gasteiger partial charge in [0.15, 0.2) is 0 Å². The number of anilines is 1. The van der Waals surface area contributed by atoms with Crippen molar-refractivity contribution in [3.8, 4) is 0 Å². The van der Waals surface area contributed by atoms with E-state index in [0.29, 0.717) is 23.8 Å². The van der Waals surface area contributed by atoms with Crippen molar-refractivity contribution in [3.05, 3.63) is 45.5 Å². The Kier molecular flexibility index (Phi) is 3.37. The highest BCUT2D eigenvalue weighted by atomic mass is 16.2. The standard InChI is InChI=1S/C15H18N4O2/c1-9-7-10(2)19(8-11-3-4-11)15(21)13(9)14(20)17-12-5-6-16-18-12/h5-7,11H,3-4,8H2,1-2H3,(H2,16,17,18,20). The maximum absolute atomic E-state index is 12.6. The number of hydrogen-bond acceptors (Lipinski definition) is 3. The van der Waals surface area contributed by atoms with Gasteiger partial charge in [-0.25, -0.2) is 0 Å². The Morgan fingerprint density at radius 3 is 2.86 bits per heavy atom. The summed E-state index contributed by atoms with van der Waals surface area (Å²) in [6, 6.07) is 3.54. The minimum Gasteiger partial charge on any atom is -0.312 e. The summed E-state index contributed by atoms with van der Waals surface area (Å²) in [4.78, 5) is 25.0. The number of H-pyrrole nitrogens is 1. The molecule has 110 valence electrons. The third-order valence-electron chi connectivity index (χ3n) is 3.82. The van der Waals surface area contributed by atoms with Gasteiger partial charge in [0.05, 0.1) is 6.20 Å². The predicted molar refractivity (Wildman–Crippen MR) is 79.4 cm³/mol. The van der Waals surface area contributed by atoms with Crippen LogP contribution in [0.25, 0.3) is 0 Å². The fourth-order valence-corrected chi connectivity index (χ4v) is 2.50. The van der Waals surface area contributed by atoms with Gasteiger partial charge in [-0.3, -0.25) is 14.7 Å². The third-order valence-corrected chi connectivity index (χ3v) is 3.82. The number of carbonyl (C=O) groups excluding carboxylic acids is 1. The van der Waals surface area contributed by atoms with Gasteiger partial charge >= 0.3 is 0 Å². The molecule has 1 aliphatic rings. The van der Waals surface area contributed by atoms with Crippen LogP contribution in [0.2, 0.25) is 0 Å². The largest absolute Gasteiger partial charge is 0.312 e. The second-order valence-corrected chi connectivity index (χ2v) is 5.63. The number of aromatic amines is 1. The molecule has 2 aromatic rings. The van der Waals surface area contributed by atoms with E-state index < -0.39 is 5.91 Å². The van der Waals surface area contributed by atoms with E-state index >= 15 is 0 Å². The lowest BCUT2D eigenvalue weighted by molar-refractivity contribution is 0.102. The molecule has 1 amide bonds. The highest BCUT2D eigenvalue weighted by Gasteiger charge is 2.25. The van der Waals surface area contributed by atoms with Crippen molar-refractivity contribution in [3.63, 3.8) is 0 Å². The van der Waals surface area contributed by atoms with Crippen LogP contribution in [0.3, 0.4) is 0 Å². The molecule has 2 aromatic heterocycles. The lowest BCUT2D eigenvalue weighted by Gasteiger charge is -2.13. The van der Waals surface area contributed by atoms with Crippen LogP contribution >= 0.6 is 0 Å². The van der Waals surface area contributed by atoms with Gasteiger partial charge in [-0.15, -0.1) is 0 Å². The molecule has 3 rings (SSSR count). The van der Waals surface area contributed by atoms with Gasteiger partial charge in [0.1, 0.15) is 11.4 Å². The van der Waals surface area contributed by atoms with E-state index in [0.717, 1.165) is 18.5 Å². The molecule has 0 unspecified atom stereocenters. The molecule has 6 heteroatoms. The lowest BCUT2D eigenvalue weighted by atomic mass is 10.1.